The van der Waals surface area contributed by atoms with Crippen LogP contribution in [0.5, 0.6) is 0 Å². The second kappa shape index (κ2) is 6.16. The minimum Gasteiger partial charge on any atom is -0.478 e. The highest BCUT2D eigenvalue weighted by Crippen LogP contribution is 2.24. The SMILES string of the molecule is CN(C(=O)c1cc(Cl)ccc1Cl)c1ccc(C(=O)O)cc1. The Labute approximate surface area is 131 Å². The van der Waals surface area contributed by atoms with E-state index in [0.29, 0.717) is 15.7 Å². The fourth-order valence-electron chi connectivity index (χ4n) is 1.79. The molecule has 0 aliphatic heterocycles. The van der Waals surface area contributed by atoms with Crippen LogP contribution in [0, 0.1) is 0 Å². The van der Waals surface area contributed by atoms with Gasteiger partial charge in [0.2, 0.25) is 0 Å². The van der Waals surface area contributed by atoms with Gasteiger partial charge in [0.1, 0.15) is 0 Å². The van der Waals surface area contributed by atoms with Crippen LogP contribution < -0.4 is 4.90 Å². The molecule has 0 aliphatic carbocycles. The van der Waals surface area contributed by atoms with E-state index in [-0.39, 0.29) is 17.0 Å². The van der Waals surface area contributed by atoms with Crippen LogP contribution in [0.25, 0.3) is 0 Å². The van der Waals surface area contributed by atoms with Crippen LogP contribution in [-0.4, -0.2) is 24.0 Å². The molecule has 0 radical (unpaired) electrons. The zero-order valence-corrected chi connectivity index (χ0v) is 12.5. The maximum atomic E-state index is 12.4. The van der Waals surface area contributed by atoms with Crippen molar-refractivity contribution in [3.05, 3.63) is 63.6 Å². The van der Waals surface area contributed by atoms with Crippen LogP contribution >= 0.6 is 23.2 Å². The van der Waals surface area contributed by atoms with Gasteiger partial charge in [-0.2, -0.15) is 0 Å². The molecule has 2 rings (SSSR count). The lowest BCUT2D eigenvalue weighted by Crippen LogP contribution is -2.26. The van der Waals surface area contributed by atoms with Gasteiger partial charge in [-0.1, -0.05) is 23.2 Å². The number of aromatic carboxylic acids is 1. The normalized spacial score (nSPS) is 10.2. The number of amides is 1. The minimum absolute atomic E-state index is 0.153. The number of carboxylic acid groups (broad SMARTS) is 1. The van der Waals surface area contributed by atoms with Gasteiger partial charge in [0, 0.05) is 17.8 Å². The van der Waals surface area contributed by atoms with Gasteiger partial charge < -0.3 is 10.0 Å². The number of halogens is 2. The summed E-state index contributed by atoms with van der Waals surface area (Å²) in [6.45, 7) is 0. The molecule has 0 saturated heterocycles. The number of benzene rings is 2. The van der Waals surface area contributed by atoms with Crippen LogP contribution in [0.4, 0.5) is 5.69 Å². The summed E-state index contributed by atoms with van der Waals surface area (Å²) in [6.07, 6.45) is 0. The summed E-state index contributed by atoms with van der Waals surface area (Å²) in [5.41, 5.74) is 0.996. The minimum atomic E-state index is -1.02. The molecule has 0 heterocycles. The number of rotatable bonds is 3. The van der Waals surface area contributed by atoms with E-state index in [4.69, 9.17) is 28.3 Å². The Hall–Kier alpha value is -2.04. The molecule has 21 heavy (non-hydrogen) atoms. The van der Waals surface area contributed by atoms with Crippen molar-refractivity contribution < 1.29 is 14.7 Å². The Morgan fingerprint density at radius 2 is 1.67 bits per heavy atom. The number of anilines is 1. The first-order valence-electron chi connectivity index (χ1n) is 5.96. The first-order valence-corrected chi connectivity index (χ1v) is 6.72. The predicted molar refractivity (Wildman–Crippen MR) is 82.6 cm³/mol. The first kappa shape index (κ1) is 15.4. The van der Waals surface area contributed by atoms with E-state index in [9.17, 15) is 9.59 Å². The second-order valence-corrected chi connectivity index (χ2v) is 5.18. The number of hydrogen-bond donors (Lipinski definition) is 1. The zero-order valence-electron chi connectivity index (χ0n) is 11.0. The summed E-state index contributed by atoms with van der Waals surface area (Å²) in [7, 11) is 1.58. The van der Waals surface area contributed by atoms with Gasteiger partial charge in [-0.05, 0) is 42.5 Å². The third kappa shape index (κ3) is 3.35. The highest BCUT2D eigenvalue weighted by molar-refractivity contribution is 6.36. The van der Waals surface area contributed by atoms with Crippen molar-refractivity contribution in [2.24, 2.45) is 0 Å². The molecule has 0 saturated carbocycles. The van der Waals surface area contributed by atoms with E-state index in [2.05, 4.69) is 0 Å². The van der Waals surface area contributed by atoms with E-state index in [1.54, 1.807) is 31.3 Å². The molecule has 2 aromatic carbocycles. The number of carboxylic acids is 1. The monoisotopic (exact) mass is 323 g/mol. The van der Waals surface area contributed by atoms with Gasteiger partial charge in [-0.25, -0.2) is 4.79 Å². The summed E-state index contributed by atoms with van der Waals surface area (Å²) in [5, 5.41) is 9.57. The molecule has 1 amide bonds. The molecule has 4 nitrogen and oxygen atoms in total. The molecule has 1 N–H and O–H groups in total. The van der Waals surface area contributed by atoms with Gasteiger partial charge in [-0.15, -0.1) is 0 Å². The van der Waals surface area contributed by atoms with Gasteiger partial charge in [0.15, 0.2) is 0 Å². The fourth-order valence-corrected chi connectivity index (χ4v) is 2.16. The van der Waals surface area contributed by atoms with Crippen LogP contribution in [-0.2, 0) is 0 Å². The summed E-state index contributed by atoms with van der Waals surface area (Å²) in [5.74, 6) is -1.35. The number of nitrogens with zero attached hydrogens (tertiary/aromatic N) is 1. The average molecular weight is 324 g/mol. The summed E-state index contributed by atoms with van der Waals surface area (Å²) >= 11 is 11.9. The first-order chi connectivity index (χ1) is 9.90. The van der Waals surface area contributed by atoms with Gasteiger partial charge >= 0.3 is 5.97 Å². The molecule has 6 heteroatoms. The smallest absolute Gasteiger partial charge is 0.335 e. The fraction of sp³-hybridized carbons (Fsp3) is 0.0667. The van der Waals surface area contributed by atoms with Crippen molar-refractivity contribution in [3.63, 3.8) is 0 Å². The summed E-state index contributed by atoms with van der Waals surface area (Å²) < 4.78 is 0. The number of carbonyl (C=O) groups excluding carboxylic acids is 1. The molecule has 0 aliphatic rings. The van der Waals surface area contributed by atoms with Crippen LogP contribution in [0.15, 0.2) is 42.5 Å². The van der Waals surface area contributed by atoms with E-state index in [1.165, 1.54) is 23.1 Å². The van der Waals surface area contributed by atoms with E-state index in [0.717, 1.165) is 0 Å². The summed E-state index contributed by atoms with van der Waals surface area (Å²) in [6, 6.07) is 10.6. The van der Waals surface area contributed by atoms with Crippen LogP contribution in [0.3, 0.4) is 0 Å². The lowest BCUT2D eigenvalue weighted by atomic mass is 10.1. The Kier molecular flexibility index (Phi) is 4.50. The van der Waals surface area contributed by atoms with E-state index in [1.807, 2.05) is 0 Å². The summed E-state index contributed by atoms with van der Waals surface area (Å²) in [4.78, 5) is 24.6. The molecular formula is C15H11Cl2NO3. The molecule has 2 aromatic rings. The largest absolute Gasteiger partial charge is 0.478 e. The van der Waals surface area contributed by atoms with E-state index < -0.39 is 5.97 Å². The average Bonchev–Trinajstić information content (AvgIpc) is 2.48. The van der Waals surface area contributed by atoms with Crippen molar-refractivity contribution in [2.75, 3.05) is 11.9 Å². The zero-order chi connectivity index (χ0) is 15.6. The quantitative estimate of drug-likeness (QED) is 0.929. The van der Waals surface area contributed by atoms with Crippen molar-refractivity contribution in [1.29, 1.82) is 0 Å². The van der Waals surface area contributed by atoms with Crippen LogP contribution in [0.1, 0.15) is 20.7 Å². The maximum Gasteiger partial charge on any atom is 0.335 e. The van der Waals surface area contributed by atoms with Crippen molar-refractivity contribution in [2.45, 2.75) is 0 Å². The predicted octanol–water partition coefficient (Wildman–Crippen LogP) is 3.97. The van der Waals surface area contributed by atoms with Gasteiger partial charge in [0.25, 0.3) is 5.91 Å². The van der Waals surface area contributed by atoms with E-state index >= 15 is 0 Å². The number of carbonyl (C=O) groups is 2. The third-order valence-electron chi connectivity index (χ3n) is 2.97. The Bertz CT molecular complexity index is 699. The van der Waals surface area contributed by atoms with Crippen molar-refractivity contribution >= 4 is 40.8 Å². The van der Waals surface area contributed by atoms with Crippen molar-refractivity contribution in [1.82, 2.24) is 0 Å². The second-order valence-electron chi connectivity index (χ2n) is 4.34. The Morgan fingerprint density at radius 3 is 2.24 bits per heavy atom. The molecule has 108 valence electrons. The molecule has 0 fully saturated rings. The van der Waals surface area contributed by atoms with Gasteiger partial charge in [-0.3, -0.25) is 4.79 Å². The lowest BCUT2D eigenvalue weighted by Gasteiger charge is -2.18. The topological polar surface area (TPSA) is 57.6 Å². The standard InChI is InChI=1S/C15H11Cl2NO3/c1-18(11-5-2-9(3-6-11)15(20)21)14(19)12-8-10(16)4-7-13(12)17/h2-8H,1H3,(H,20,21). The molecule has 0 atom stereocenters. The number of hydrogen-bond acceptors (Lipinski definition) is 2. The van der Waals surface area contributed by atoms with Crippen molar-refractivity contribution in [3.8, 4) is 0 Å². The highest BCUT2D eigenvalue weighted by Gasteiger charge is 2.17. The molecule has 0 unspecified atom stereocenters. The molecule has 0 spiro atoms. The highest BCUT2D eigenvalue weighted by atomic mass is 35.5. The third-order valence-corrected chi connectivity index (χ3v) is 3.53. The Morgan fingerprint density at radius 1 is 1.05 bits per heavy atom. The van der Waals surface area contributed by atoms with Crippen LogP contribution in [0.2, 0.25) is 10.0 Å². The van der Waals surface area contributed by atoms with Gasteiger partial charge in [0.05, 0.1) is 16.1 Å². The lowest BCUT2D eigenvalue weighted by molar-refractivity contribution is 0.0696. The molecule has 0 aromatic heterocycles. The molecular weight excluding hydrogens is 313 g/mol. The Balaban J connectivity index is 2.30. The molecule has 0 bridgehead atoms. The maximum absolute atomic E-state index is 12.4.